The smallest absolute Gasteiger partial charge is 0.197 e. The molecule has 0 aliphatic rings. The van der Waals surface area contributed by atoms with E-state index in [1.807, 2.05) is 38.1 Å². The molecule has 0 N–H and O–H groups in total. The van der Waals surface area contributed by atoms with Gasteiger partial charge in [0, 0.05) is 13.0 Å². The minimum absolute atomic E-state index is 0.204. The van der Waals surface area contributed by atoms with E-state index in [1.165, 1.54) is 0 Å². The van der Waals surface area contributed by atoms with Crippen molar-refractivity contribution in [3.8, 4) is 5.75 Å². The van der Waals surface area contributed by atoms with Gasteiger partial charge in [-0.15, -0.1) is 0 Å². The number of ketones is 1. The molecule has 1 aromatic carbocycles. The van der Waals surface area contributed by atoms with Gasteiger partial charge in [-0.1, -0.05) is 12.1 Å². The predicted octanol–water partition coefficient (Wildman–Crippen LogP) is 3.00. The molecule has 0 fully saturated rings. The fourth-order valence-electron chi connectivity index (χ4n) is 1.92. The van der Waals surface area contributed by atoms with Crippen LogP contribution in [0.4, 0.5) is 0 Å². The van der Waals surface area contributed by atoms with Crippen LogP contribution < -0.4 is 4.74 Å². The lowest BCUT2D eigenvalue weighted by atomic mass is 10.1. The summed E-state index contributed by atoms with van der Waals surface area (Å²) >= 11 is 0. The van der Waals surface area contributed by atoms with Crippen molar-refractivity contribution in [2.75, 3.05) is 33.0 Å². The van der Waals surface area contributed by atoms with E-state index in [0.717, 1.165) is 17.7 Å². The average molecular weight is 324 g/mol. The summed E-state index contributed by atoms with van der Waals surface area (Å²) in [5, 5.41) is 0. The van der Waals surface area contributed by atoms with E-state index < -0.39 is 0 Å². The molecule has 0 aliphatic heterocycles. The van der Waals surface area contributed by atoms with Gasteiger partial charge in [-0.3, -0.25) is 0 Å². The summed E-state index contributed by atoms with van der Waals surface area (Å²) in [7, 11) is 0. The third-order valence-electron chi connectivity index (χ3n) is 3.15. The summed E-state index contributed by atoms with van der Waals surface area (Å²) in [5.74, 6) is 0.956. The van der Waals surface area contributed by atoms with Crippen LogP contribution in [0.5, 0.6) is 5.75 Å². The van der Waals surface area contributed by atoms with Gasteiger partial charge in [-0.05, 0) is 44.9 Å². The van der Waals surface area contributed by atoms with Crippen molar-refractivity contribution in [1.29, 1.82) is 0 Å². The summed E-state index contributed by atoms with van der Waals surface area (Å²) in [6, 6.07) is 7.74. The number of ether oxygens (including phenoxy) is 4. The van der Waals surface area contributed by atoms with E-state index in [4.69, 9.17) is 18.9 Å². The highest BCUT2D eigenvalue weighted by molar-refractivity contribution is 5.75. The molecule has 0 saturated heterocycles. The zero-order chi connectivity index (χ0) is 16.9. The second-order valence-electron chi connectivity index (χ2n) is 5.21. The van der Waals surface area contributed by atoms with Crippen LogP contribution >= 0.6 is 0 Å². The molecule has 1 rings (SSSR count). The largest absolute Gasteiger partial charge is 0.465 e. The third kappa shape index (κ3) is 10.0. The molecule has 23 heavy (non-hydrogen) atoms. The first-order valence-corrected chi connectivity index (χ1v) is 8.14. The van der Waals surface area contributed by atoms with Crippen molar-refractivity contribution in [3.05, 3.63) is 29.8 Å². The first-order valence-electron chi connectivity index (χ1n) is 8.14. The molecule has 0 spiro atoms. The number of hydrogen-bond donors (Lipinski definition) is 0. The number of carbonyl (C=O) groups is 1. The number of carbonyl (C=O) groups excluding carboxylic acids is 1. The van der Waals surface area contributed by atoms with Crippen molar-refractivity contribution in [2.45, 2.75) is 39.9 Å². The summed E-state index contributed by atoms with van der Waals surface area (Å²) in [6.07, 6.45) is 0.998. The molecule has 0 unspecified atom stereocenters. The molecule has 130 valence electrons. The SMILES string of the molecule is CCOCCOCCO[C@H](C)Oc1ccc(CCC(C)=O)cc1. The van der Waals surface area contributed by atoms with E-state index in [1.54, 1.807) is 6.92 Å². The fourth-order valence-corrected chi connectivity index (χ4v) is 1.92. The van der Waals surface area contributed by atoms with Crippen molar-refractivity contribution >= 4 is 5.78 Å². The zero-order valence-electron chi connectivity index (χ0n) is 14.4. The zero-order valence-corrected chi connectivity index (χ0v) is 14.4. The Morgan fingerprint density at radius 2 is 1.70 bits per heavy atom. The Hall–Kier alpha value is -1.43. The Morgan fingerprint density at radius 3 is 2.35 bits per heavy atom. The van der Waals surface area contributed by atoms with E-state index >= 15 is 0 Å². The first-order chi connectivity index (χ1) is 11.1. The Morgan fingerprint density at radius 1 is 1.04 bits per heavy atom. The molecule has 0 saturated carbocycles. The van der Waals surface area contributed by atoms with Crippen molar-refractivity contribution in [2.24, 2.45) is 0 Å². The molecule has 0 amide bonds. The lowest BCUT2D eigenvalue weighted by molar-refractivity contribution is -0.116. The first kappa shape index (κ1) is 19.6. The number of hydrogen-bond acceptors (Lipinski definition) is 5. The molecule has 0 radical (unpaired) electrons. The van der Waals surface area contributed by atoms with Crippen LogP contribution in [0.1, 0.15) is 32.8 Å². The number of aryl methyl sites for hydroxylation is 1. The van der Waals surface area contributed by atoms with Gasteiger partial charge in [0.2, 0.25) is 0 Å². The molecule has 0 heterocycles. The van der Waals surface area contributed by atoms with Crippen LogP contribution in [0.2, 0.25) is 0 Å². The summed E-state index contributed by atoms with van der Waals surface area (Å²) in [4.78, 5) is 11.0. The summed E-state index contributed by atoms with van der Waals surface area (Å²) in [6.45, 7) is 8.30. The molecule has 5 nitrogen and oxygen atoms in total. The molecular formula is C18H28O5. The van der Waals surface area contributed by atoms with E-state index in [9.17, 15) is 4.79 Å². The quantitative estimate of drug-likeness (QED) is 0.412. The standard InChI is InChI=1S/C18H28O5/c1-4-20-11-12-21-13-14-22-16(3)23-18-9-7-17(8-10-18)6-5-15(2)19/h7-10,16H,4-6,11-14H2,1-3H3/t16-/m0/s1. The minimum atomic E-state index is -0.339. The second-order valence-corrected chi connectivity index (χ2v) is 5.21. The lowest BCUT2D eigenvalue weighted by Crippen LogP contribution is -2.19. The molecule has 0 aromatic heterocycles. The average Bonchev–Trinajstić information content (AvgIpc) is 2.53. The Labute approximate surface area is 138 Å². The van der Waals surface area contributed by atoms with Gasteiger partial charge < -0.3 is 23.7 Å². The highest BCUT2D eigenvalue weighted by Crippen LogP contribution is 2.15. The van der Waals surface area contributed by atoms with Gasteiger partial charge in [-0.2, -0.15) is 0 Å². The number of rotatable bonds is 13. The Kier molecular flexibility index (Phi) is 10.3. The van der Waals surface area contributed by atoms with Crippen LogP contribution in [-0.4, -0.2) is 45.1 Å². The van der Waals surface area contributed by atoms with Crippen LogP contribution in [0.25, 0.3) is 0 Å². The van der Waals surface area contributed by atoms with Crippen LogP contribution in [-0.2, 0) is 25.4 Å². The van der Waals surface area contributed by atoms with Crippen LogP contribution in [0, 0.1) is 0 Å². The molecule has 1 atom stereocenters. The Bertz CT molecular complexity index is 430. The summed E-state index contributed by atoms with van der Waals surface area (Å²) in [5.41, 5.74) is 1.13. The highest BCUT2D eigenvalue weighted by atomic mass is 16.7. The number of Topliss-reactive ketones (excluding diaryl/α,β-unsaturated/α-hetero) is 1. The molecular weight excluding hydrogens is 296 g/mol. The van der Waals surface area contributed by atoms with Gasteiger partial charge in [-0.25, -0.2) is 0 Å². The molecule has 1 aromatic rings. The van der Waals surface area contributed by atoms with Crippen LogP contribution in [0.3, 0.4) is 0 Å². The summed E-state index contributed by atoms with van der Waals surface area (Å²) < 4.78 is 21.7. The molecule has 0 aliphatic carbocycles. The van der Waals surface area contributed by atoms with Crippen molar-refractivity contribution < 1.29 is 23.7 Å². The monoisotopic (exact) mass is 324 g/mol. The second kappa shape index (κ2) is 12.0. The Balaban J connectivity index is 2.16. The van der Waals surface area contributed by atoms with E-state index in [0.29, 0.717) is 39.5 Å². The van der Waals surface area contributed by atoms with Gasteiger partial charge in [0.15, 0.2) is 6.29 Å². The highest BCUT2D eigenvalue weighted by Gasteiger charge is 2.04. The van der Waals surface area contributed by atoms with Crippen molar-refractivity contribution in [3.63, 3.8) is 0 Å². The topological polar surface area (TPSA) is 54.0 Å². The van der Waals surface area contributed by atoms with E-state index in [-0.39, 0.29) is 12.1 Å². The predicted molar refractivity (Wildman–Crippen MR) is 88.8 cm³/mol. The van der Waals surface area contributed by atoms with Crippen molar-refractivity contribution in [1.82, 2.24) is 0 Å². The lowest BCUT2D eigenvalue weighted by Gasteiger charge is -2.15. The van der Waals surface area contributed by atoms with Gasteiger partial charge >= 0.3 is 0 Å². The molecule has 0 bridgehead atoms. The normalized spacial score (nSPS) is 12.1. The van der Waals surface area contributed by atoms with Gasteiger partial charge in [0.1, 0.15) is 11.5 Å². The fraction of sp³-hybridized carbons (Fsp3) is 0.611. The van der Waals surface area contributed by atoms with Crippen LogP contribution in [0.15, 0.2) is 24.3 Å². The maximum atomic E-state index is 11.0. The maximum Gasteiger partial charge on any atom is 0.197 e. The van der Waals surface area contributed by atoms with Gasteiger partial charge in [0.25, 0.3) is 0 Å². The number of benzene rings is 1. The molecule has 5 heteroatoms. The maximum absolute atomic E-state index is 11.0. The minimum Gasteiger partial charge on any atom is -0.465 e. The third-order valence-corrected chi connectivity index (χ3v) is 3.15. The van der Waals surface area contributed by atoms with Gasteiger partial charge in [0.05, 0.1) is 26.4 Å². The van der Waals surface area contributed by atoms with E-state index in [2.05, 4.69) is 0 Å².